The summed E-state index contributed by atoms with van der Waals surface area (Å²) in [5, 5.41) is 2.51. The van der Waals surface area contributed by atoms with Crippen molar-refractivity contribution in [1.29, 1.82) is 0 Å². The summed E-state index contributed by atoms with van der Waals surface area (Å²) in [6, 6.07) is 10.8. The van der Waals surface area contributed by atoms with Gasteiger partial charge < -0.3 is 15.8 Å². The van der Waals surface area contributed by atoms with Crippen LogP contribution in [0.5, 0.6) is 5.75 Å². The minimum absolute atomic E-state index is 0.0841. The molecule has 140 valence electrons. The Kier molecular flexibility index (Phi) is 6.44. The molecule has 2 rings (SSSR count). The van der Waals surface area contributed by atoms with Crippen molar-refractivity contribution in [3.63, 3.8) is 0 Å². The lowest BCUT2D eigenvalue weighted by Crippen LogP contribution is -2.25. The van der Waals surface area contributed by atoms with Gasteiger partial charge in [0.15, 0.2) is 6.61 Å². The maximum absolute atomic E-state index is 12.7. The highest BCUT2D eigenvalue weighted by Gasteiger charge is 2.30. The summed E-state index contributed by atoms with van der Waals surface area (Å²) in [6.07, 6.45) is -4.44. The minimum Gasteiger partial charge on any atom is -0.483 e. The first-order valence-electron chi connectivity index (χ1n) is 7.72. The van der Waals surface area contributed by atoms with Crippen molar-refractivity contribution in [2.75, 3.05) is 13.2 Å². The van der Waals surface area contributed by atoms with Gasteiger partial charge in [0, 0.05) is 5.56 Å². The zero-order valence-electron chi connectivity index (χ0n) is 14.0. The molecule has 0 spiro atoms. The zero-order chi connectivity index (χ0) is 19.9. The van der Waals surface area contributed by atoms with Gasteiger partial charge in [-0.05, 0) is 30.3 Å². The van der Waals surface area contributed by atoms with Crippen LogP contribution in [0.4, 0.5) is 13.2 Å². The molecular weight excluding hydrogens is 361 g/mol. The van der Waals surface area contributed by atoms with Gasteiger partial charge in [0.1, 0.15) is 5.75 Å². The van der Waals surface area contributed by atoms with E-state index in [-0.39, 0.29) is 30.0 Å². The van der Waals surface area contributed by atoms with Crippen molar-refractivity contribution in [2.24, 2.45) is 5.73 Å². The third kappa shape index (κ3) is 6.08. The van der Waals surface area contributed by atoms with Crippen molar-refractivity contribution in [3.05, 3.63) is 65.2 Å². The normalized spacial score (nSPS) is 10.5. The van der Waals surface area contributed by atoms with E-state index < -0.39 is 23.6 Å². The number of para-hydroxylation sites is 1. The summed E-state index contributed by atoms with van der Waals surface area (Å²) in [6.45, 7) is -0.459. The summed E-state index contributed by atoms with van der Waals surface area (Å²) < 4.78 is 43.1. The zero-order valence-corrected chi connectivity index (χ0v) is 14.0. The van der Waals surface area contributed by atoms with Crippen LogP contribution in [0.1, 0.15) is 21.5 Å². The lowest BCUT2D eigenvalue weighted by Gasteiger charge is -2.09. The molecule has 0 unspecified atom stereocenters. The number of alkyl halides is 3. The van der Waals surface area contributed by atoms with Gasteiger partial charge in [-0.1, -0.05) is 30.0 Å². The van der Waals surface area contributed by atoms with Gasteiger partial charge in [-0.2, -0.15) is 13.2 Å². The summed E-state index contributed by atoms with van der Waals surface area (Å²) in [7, 11) is 0. The molecule has 0 saturated carbocycles. The number of benzene rings is 2. The quantitative estimate of drug-likeness (QED) is 0.786. The molecule has 2 amide bonds. The summed E-state index contributed by atoms with van der Waals surface area (Å²) in [5.74, 6) is 4.14. The maximum Gasteiger partial charge on any atom is 0.416 e. The molecule has 0 aliphatic carbocycles. The van der Waals surface area contributed by atoms with Crippen molar-refractivity contribution < 1.29 is 27.5 Å². The lowest BCUT2D eigenvalue weighted by molar-refractivity contribution is -0.137. The average molecular weight is 376 g/mol. The molecule has 8 heteroatoms. The number of nitrogens with two attached hydrogens (primary N) is 1. The summed E-state index contributed by atoms with van der Waals surface area (Å²) >= 11 is 0. The van der Waals surface area contributed by atoms with Crippen LogP contribution in [-0.2, 0) is 11.0 Å². The van der Waals surface area contributed by atoms with E-state index >= 15 is 0 Å². The molecule has 0 aliphatic heterocycles. The molecule has 0 heterocycles. The smallest absolute Gasteiger partial charge is 0.416 e. The lowest BCUT2D eigenvalue weighted by atomic mass is 10.1. The fourth-order valence-corrected chi connectivity index (χ4v) is 2.07. The predicted octanol–water partition coefficient (Wildman–Crippen LogP) is 2.35. The second kappa shape index (κ2) is 8.76. The molecule has 0 atom stereocenters. The Bertz CT molecular complexity index is 899. The van der Waals surface area contributed by atoms with Crippen molar-refractivity contribution in [1.82, 2.24) is 5.32 Å². The van der Waals surface area contributed by atoms with E-state index in [1.807, 2.05) is 0 Å². The highest BCUT2D eigenvalue weighted by atomic mass is 19.4. The first-order chi connectivity index (χ1) is 12.8. The number of primary amides is 1. The number of carbonyl (C=O) groups excluding carboxylic acids is 2. The molecule has 0 radical (unpaired) electrons. The van der Waals surface area contributed by atoms with Crippen molar-refractivity contribution >= 4 is 11.8 Å². The molecular formula is C19H15F3N2O3. The Morgan fingerprint density at radius 3 is 2.56 bits per heavy atom. The maximum atomic E-state index is 12.7. The topological polar surface area (TPSA) is 81.4 Å². The second-order valence-corrected chi connectivity index (χ2v) is 5.31. The van der Waals surface area contributed by atoms with Crippen LogP contribution in [0.2, 0.25) is 0 Å². The van der Waals surface area contributed by atoms with E-state index in [4.69, 9.17) is 10.5 Å². The fraction of sp³-hybridized carbons (Fsp3) is 0.158. The van der Waals surface area contributed by atoms with Gasteiger partial charge in [-0.15, -0.1) is 0 Å². The molecule has 2 aromatic rings. The highest BCUT2D eigenvalue weighted by Crippen LogP contribution is 2.29. The molecule has 0 bridgehead atoms. The number of hydrogen-bond acceptors (Lipinski definition) is 3. The Labute approximate surface area is 153 Å². The van der Waals surface area contributed by atoms with Crippen molar-refractivity contribution in [2.45, 2.75) is 6.18 Å². The van der Waals surface area contributed by atoms with Gasteiger partial charge in [0.05, 0.1) is 17.7 Å². The number of rotatable bonds is 5. The fourth-order valence-electron chi connectivity index (χ4n) is 2.07. The van der Waals surface area contributed by atoms with Crippen LogP contribution in [0, 0.1) is 11.8 Å². The second-order valence-electron chi connectivity index (χ2n) is 5.31. The monoisotopic (exact) mass is 376 g/mol. The Morgan fingerprint density at radius 1 is 1.11 bits per heavy atom. The van der Waals surface area contributed by atoms with Crippen molar-refractivity contribution in [3.8, 4) is 17.6 Å². The molecule has 2 aromatic carbocycles. The number of halogens is 3. The minimum atomic E-state index is -4.44. The van der Waals surface area contributed by atoms with Gasteiger partial charge in [-0.3, -0.25) is 9.59 Å². The van der Waals surface area contributed by atoms with Crippen LogP contribution in [0.15, 0.2) is 48.5 Å². The number of ether oxygens (including phenoxy) is 1. The third-order valence-corrected chi connectivity index (χ3v) is 3.26. The largest absolute Gasteiger partial charge is 0.483 e. The SMILES string of the molecule is NC(=O)COc1ccccc1C(=O)NCC#Cc1cccc(C(F)(F)F)c1. The van der Waals surface area contributed by atoms with E-state index in [1.54, 1.807) is 12.1 Å². The molecule has 27 heavy (non-hydrogen) atoms. The number of hydrogen-bond donors (Lipinski definition) is 2. The standard InChI is InChI=1S/C19H15F3N2O3/c20-19(21,22)14-7-3-5-13(11-14)6-4-10-24-18(26)15-8-1-2-9-16(15)27-12-17(23)25/h1-3,5,7-9,11H,10,12H2,(H2,23,25)(H,24,26). The molecule has 0 saturated heterocycles. The highest BCUT2D eigenvalue weighted by molar-refractivity contribution is 5.97. The van der Waals surface area contributed by atoms with E-state index in [2.05, 4.69) is 17.2 Å². The molecule has 0 aliphatic rings. The van der Waals surface area contributed by atoms with E-state index in [0.717, 1.165) is 12.1 Å². The van der Waals surface area contributed by atoms with Gasteiger partial charge >= 0.3 is 6.18 Å². The third-order valence-electron chi connectivity index (χ3n) is 3.26. The van der Waals surface area contributed by atoms with Gasteiger partial charge in [0.2, 0.25) is 0 Å². The van der Waals surface area contributed by atoms with Gasteiger partial charge in [-0.25, -0.2) is 0 Å². The Balaban J connectivity index is 2.00. The van der Waals surface area contributed by atoms with Crippen LogP contribution >= 0.6 is 0 Å². The number of nitrogens with one attached hydrogen (secondary N) is 1. The molecule has 3 N–H and O–H groups in total. The molecule has 5 nitrogen and oxygen atoms in total. The van der Waals surface area contributed by atoms with Crippen LogP contribution < -0.4 is 15.8 Å². The van der Waals surface area contributed by atoms with Crippen LogP contribution in [0.25, 0.3) is 0 Å². The van der Waals surface area contributed by atoms with Crippen LogP contribution in [0.3, 0.4) is 0 Å². The Hall–Kier alpha value is -3.47. The molecule has 0 fully saturated rings. The summed E-state index contributed by atoms with van der Waals surface area (Å²) in [5.41, 5.74) is 4.58. The van der Waals surface area contributed by atoms with Crippen LogP contribution in [-0.4, -0.2) is 25.0 Å². The first-order valence-corrected chi connectivity index (χ1v) is 7.72. The van der Waals surface area contributed by atoms with E-state index in [1.165, 1.54) is 24.3 Å². The van der Waals surface area contributed by atoms with E-state index in [9.17, 15) is 22.8 Å². The number of amides is 2. The summed E-state index contributed by atoms with van der Waals surface area (Å²) in [4.78, 5) is 23.0. The first kappa shape index (κ1) is 19.8. The number of carbonyl (C=O) groups is 2. The average Bonchev–Trinajstić information content (AvgIpc) is 2.63. The van der Waals surface area contributed by atoms with E-state index in [0.29, 0.717) is 0 Å². The predicted molar refractivity (Wildman–Crippen MR) is 91.8 cm³/mol. The Morgan fingerprint density at radius 2 is 1.85 bits per heavy atom. The van der Waals surface area contributed by atoms with Gasteiger partial charge in [0.25, 0.3) is 11.8 Å². The molecule has 0 aromatic heterocycles.